The summed E-state index contributed by atoms with van der Waals surface area (Å²) in [7, 11) is 0. The number of carbonyl (C=O) groups excluding carboxylic acids is 1. The Morgan fingerprint density at radius 3 is 2.71 bits per heavy atom. The van der Waals surface area contributed by atoms with Crippen LogP contribution in [0.4, 0.5) is 4.79 Å². The van der Waals surface area contributed by atoms with Crippen molar-refractivity contribution in [3.8, 4) is 0 Å². The molecule has 0 radical (unpaired) electrons. The lowest BCUT2D eigenvalue weighted by molar-refractivity contribution is -0.402. The van der Waals surface area contributed by atoms with Crippen molar-refractivity contribution in [2.24, 2.45) is 0 Å². The Labute approximate surface area is 100 Å². The molecule has 1 aliphatic heterocycles. The Bertz CT molecular complexity index is 333. The van der Waals surface area contributed by atoms with E-state index >= 15 is 0 Å². The Kier molecular flexibility index (Phi) is 4.09. The maximum atomic E-state index is 11.8. The summed E-state index contributed by atoms with van der Waals surface area (Å²) < 4.78 is 5.24. The lowest BCUT2D eigenvalue weighted by Crippen LogP contribution is -2.39. The normalized spacial score (nSPS) is 20.9. The number of hydrogen-bond donors (Lipinski definition) is 0. The molecule has 0 N–H and O–H groups in total. The average Bonchev–Trinajstić information content (AvgIpc) is 2.59. The van der Waals surface area contributed by atoms with Gasteiger partial charge in [0.25, 0.3) is 0 Å². The minimum Gasteiger partial charge on any atom is -0.444 e. The topological polar surface area (TPSA) is 72.7 Å². The van der Waals surface area contributed by atoms with Gasteiger partial charge in [-0.3, -0.25) is 10.1 Å². The van der Waals surface area contributed by atoms with Crippen LogP contribution < -0.4 is 0 Å². The molecule has 1 amide bonds. The first-order chi connectivity index (χ1) is 7.79. The quantitative estimate of drug-likeness (QED) is 0.549. The van der Waals surface area contributed by atoms with E-state index in [2.05, 4.69) is 0 Å². The van der Waals surface area contributed by atoms with Crippen molar-refractivity contribution in [3.63, 3.8) is 0 Å². The fourth-order valence-electron chi connectivity index (χ4n) is 1.71. The predicted molar refractivity (Wildman–Crippen MR) is 62.1 cm³/mol. The highest BCUT2D eigenvalue weighted by Crippen LogP contribution is 2.21. The number of nitro groups is 1. The third-order valence-corrected chi connectivity index (χ3v) is 2.36. The van der Waals surface area contributed by atoms with E-state index < -0.39 is 16.6 Å². The zero-order valence-corrected chi connectivity index (χ0v) is 10.4. The van der Waals surface area contributed by atoms with Gasteiger partial charge in [0, 0.05) is 12.6 Å². The van der Waals surface area contributed by atoms with Crippen molar-refractivity contribution in [1.29, 1.82) is 0 Å². The summed E-state index contributed by atoms with van der Waals surface area (Å²) >= 11 is 0. The van der Waals surface area contributed by atoms with Gasteiger partial charge in [-0.25, -0.2) is 4.79 Å². The maximum absolute atomic E-state index is 11.8. The molecule has 1 atom stereocenters. The molecule has 0 aromatic rings. The standard InChI is InChI=1S/C11H18N2O4/c1-11(2,3)17-10(14)12-7-4-5-9(12)6-8-13(15)16/h6,8-9H,4-5,7H2,1-3H3/b8-6+/t9-/m0/s1. The van der Waals surface area contributed by atoms with Crippen LogP contribution >= 0.6 is 0 Å². The van der Waals surface area contributed by atoms with E-state index in [-0.39, 0.29) is 6.04 Å². The molecule has 6 nitrogen and oxygen atoms in total. The molecular formula is C11H18N2O4. The van der Waals surface area contributed by atoms with Gasteiger partial charge in [0.05, 0.1) is 11.0 Å². The smallest absolute Gasteiger partial charge is 0.410 e. The number of ether oxygens (including phenoxy) is 1. The van der Waals surface area contributed by atoms with Crippen LogP contribution in [0.5, 0.6) is 0 Å². The van der Waals surface area contributed by atoms with E-state index in [4.69, 9.17) is 4.74 Å². The van der Waals surface area contributed by atoms with Crippen molar-refractivity contribution < 1.29 is 14.5 Å². The Morgan fingerprint density at radius 2 is 2.18 bits per heavy atom. The van der Waals surface area contributed by atoms with Crippen molar-refractivity contribution in [2.45, 2.75) is 45.3 Å². The number of nitrogens with zero attached hydrogens (tertiary/aromatic N) is 2. The van der Waals surface area contributed by atoms with Crippen molar-refractivity contribution in [3.05, 3.63) is 22.4 Å². The van der Waals surface area contributed by atoms with Crippen LogP contribution in [0.1, 0.15) is 33.6 Å². The fourth-order valence-corrected chi connectivity index (χ4v) is 1.71. The summed E-state index contributed by atoms with van der Waals surface area (Å²) in [5, 5.41) is 10.2. The van der Waals surface area contributed by atoms with Gasteiger partial charge in [-0.2, -0.15) is 0 Å². The molecule has 0 unspecified atom stereocenters. The van der Waals surface area contributed by atoms with E-state index in [1.165, 1.54) is 11.0 Å². The molecule has 1 saturated heterocycles. The molecule has 0 spiro atoms. The van der Waals surface area contributed by atoms with Gasteiger partial charge in [0.2, 0.25) is 6.20 Å². The summed E-state index contributed by atoms with van der Waals surface area (Å²) in [4.78, 5) is 23.1. The number of hydrogen-bond acceptors (Lipinski definition) is 4. The lowest BCUT2D eigenvalue weighted by atomic mass is 10.2. The summed E-state index contributed by atoms with van der Waals surface area (Å²) in [5.74, 6) is 0. The maximum Gasteiger partial charge on any atom is 0.410 e. The molecule has 0 aliphatic carbocycles. The second-order valence-corrected chi connectivity index (χ2v) is 5.01. The number of carbonyl (C=O) groups is 1. The molecule has 0 bridgehead atoms. The van der Waals surface area contributed by atoms with Gasteiger partial charge >= 0.3 is 6.09 Å². The minimum absolute atomic E-state index is 0.227. The van der Waals surface area contributed by atoms with Gasteiger partial charge in [-0.05, 0) is 33.6 Å². The first-order valence-electron chi connectivity index (χ1n) is 5.61. The van der Waals surface area contributed by atoms with Gasteiger partial charge in [0.15, 0.2) is 0 Å². The van der Waals surface area contributed by atoms with E-state index in [9.17, 15) is 14.9 Å². The summed E-state index contributed by atoms with van der Waals surface area (Å²) in [6, 6.07) is -0.227. The van der Waals surface area contributed by atoms with Gasteiger partial charge in [0.1, 0.15) is 5.60 Å². The van der Waals surface area contributed by atoms with E-state index in [0.717, 1.165) is 19.0 Å². The van der Waals surface area contributed by atoms with Gasteiger partial charge in [-0.1, -0.05) is 0 Å². The zero-order valence-electron chi connectivity index (χ0n) is 10.4. The molecule has 96 valence electrons. The largest absolute Gasteiger partial charge is 0.444 e. The first kappa shape index (κ1) is 13.5. The van der Waals surface area contributed by atoms with Crippen LogP contribution in [0.25, 0.3) is 0 Å². The average molecular weight is 242 g/mol. The lowest BCUT2D eigenvalue weighted by Gasteiger charge is -2.26. The molecule has 0 aromatic heterocycles. The van der Waals surface area contributed by atoms with Crippen LogP contribution in [0.15, 0.2) is 12.3 Å². The van der Waals surface area contributed by atoms with Crippen LogP contribution in [-0.4, -0.2) is 34.1 Å². The number of amides is 1. The summed E-state index contributed by atoms with van der Waals surface area (Å²) in [6.07, 6.45) is 3.49. The first-order valence-corrected chi connectivity index (χ1v) is 5.61. The SMILES string of the molecule is CC(C)(C)OC(=O)N1CCC[C@H]1/C=C/[N+](=O)[O-]. The van der Waals surface area contributed by atoms with E-state index in [0.29, 0.717) is 6.54 Å². The fraction of sp³-hybridized carbons (Fsp3) is 0.727. The highest BCUT2D eigenvalue weighted by atomic mass is 16.6. The Balaban J connectivity index is 2.63. The van der Waals surface area contributed by atoms with E-state index in [1.54, 1.807) is 20.8 Å². The van der Waals surface area contributed by atoms with E-state index in [1.807, 2.05) is 0 Å². The predicted octanol–water partition coefficient (Wildman–Crippen LogP) is 2.18. The third kappa shape index (κ3) is 4.42. The molecule has 0 aromatic carbocycles. The second kappa shape index (κ2) is 5.16. The molecule has 1 heterocycles. The van der Waals surface area contributed by atoms with Gasteiger partial charge in [-0.15, -0.1) is 0 Å². The Hall–Kier alpha value is -1.59. The van der Waals surface area contributed by atoms with Gasteiger partial charge < -0.3 is 9.64 Å². The Morgan fingerprint density at radius 1 is 1.53 bits per heavy atom. The molecule has 1 aliphatic rings. The minimum atomic E-state index is -0.545. The van der Waals surface area contributed by atoms with Crippen molar-refractivity contribution in [2.75, 3.05) is 6.54 Å². The number of rotatable bonds is 2. The van der Waals surface area contributed by atoms with Crippen molar-refractivity contribution in [1.82, 2.24) is 4.90 Å². The third-order valence-electron chi connectivity index (χ3n) is 2.36. The molecule has 1 rings (SSSR count). The van der Waals surface area contributed by atoms with Crippen LogP contribution in [0, 0.1) is 10.1 Å². The summed E-state index contributed by atoms with van der Waals surface area (Å²) in [5.41, 5.74) is -0.545. The number of likely N-dealkylation sites (tertiary alicyclic amines) is 1. The highest BCUT2D eigenvalue weighted by molar-refractivity contribution is 5.69. The highest BCUT2D eigenvalue weighted by Gasteiger charge is 2.31. The monoisotopic (exact) mass is 242 g/mol. The molecule has 1 fully saturated rings. The van der Waals surface area contributed by atoms with Crippen LogP contribution in [0.3, 0.4) is 0 Å². The molecular weight excluding hydrogens is 224 g/mol. The second-order valence-electron chi connectivity index (χ2n) is 5.01. The summed E-state index contributed by atoms with van der Waals surface area (Å²) in [6.45, 7) is 5.97. The van der Waals surface area contributed by atoms with Crippen molar-refractivity contribution >= 4 is 6.09 Å². The molecule has 0 saturated carbocycles. The van der Waals surface area contributed by atoms with Crippen LogP contribution in [0.2, 0.25) is 0 Å². The molecule has 6 heteroatoms. The molecule has 17 heavy (non-hydrogen) atoms. The zero-order chi connectivity index (χ0) is 13.1. The van der Waals surface area contributed by atoms with Crippen LogP contribution in [-0.2, 0) is 4.74 Å².